The third-order valence-corrected chi connectivity index (χ3v) is 5.86. The van der Waals surface area contributed by atoms with Crippen molar-refractivity contribution in [1.29, 1.82) is 0 Å². The summed E-state index contributed by atoms with van der Waals surface area (Å²) in [6.07, 6.45) is 6.55. The van der Waals surface area contributed by atoms with Gasteiger partial charge in [-0.2, -0.15) is 0 Å². The maximum atomic E-state index is 12.0. The number of rotatable bonds is 2. The largest absolute Gasteiger partial charge is 0.381 e. The summed E-state index contributed by atoms with van der Waals surface area (Å²) in [5.41, 5.74) is 2.79. The molecule has 0 aliphatic carbocycles. The van der Waals surface area contributed by atoms with E-state index < -0.39 is 0 Å². The van der Waals surface area contributed by atoms with E-state index in [-0.39, 0.29) is 5.91 Å². The molecular weight excluding hydrogens is 288 g/mol. The topological polar surface area (TPSA) is 32.8 Å². The summed E-state index contributed by atoms with van der Waals surface area (Å²) in [4.78, 5) is 16.4. The summed E-state index contributed by atoms with van der Waals surface area (Å²) in [7, 11) is 0. The second kappa shape index (κ2) is 6.16. The smallest absolute Gasteiger partial charge is 0.226 e. The van der Waals surface area contributed by atoms with Crippen molar-refractivity contribution in [3.63, 3.8) is 0 Å². The van der Waals surface area contributed by atoms with Crippen LogP contribution in [-0.2, 0) is 9.53 Å². The molecule has 0 bridgehead atoms. The minimum absolute atomic E-state index is 0.269. The van der Waals surface area contributed by atoms with Gasteiger partial charge in [0.25, 0.3) is 0 Å². The lowest BCUT2D eigenvalue weighted by atomic mass is 9.78. The van der Waals surface area contributed by atoms with Gasteiger partial charge in [0.1, 0.15) is 0 Å². The Kier molecular flexibility index (Phi) is 4.02. The molecule has 3 saturated heterocycles. The van der Waals surface area contributed by atoms with E-state index in [0.717, 1.165) is 51.4 Å². The molecule has 1 aromatic rings. The summed E-state index contributed by atoms with van der Waals surface area (Å²) < 4.78 is 5.62. The average molecular weight is 314 g/mol. The molecule has 1 spiro atoms. The van der Waals surface area contributed by atoms with Gasteiger partial charge < -0.3 is 14.5 Å². The van der Waals surface area contributed by atoms with Crippen LogP contribution in [0.3, 0.4) is 0 Å². The Bertz CT molecular complexity index is 553. The SMILES string of the molecule is O=C1CCCCN1c1ccc(N2CCC3(CCOC3)CC2)cc1. The zero-order valence-corrected chi connectivity index (χ0v) is 13.8. The molecule has 0 aromatic heterocycles. The molecule has 3 heterocycles. The zero-order chi connectivity index (χ0) is 15.7. The van der Waals surface area contributed by atoms with E-state index in [2.05, 4.69) is 29.2 Å². The second-order valence-corrected chi connectivity index (χ2v) is 7.31. The van der Waals surface area contributed by atoms with Crippen molar-refractivity contribution in [2.75, 3.05) is 42.6 Å². The Morgan fingerprint density at radius 1 is 0.913 bits per heavy atom. The Hall–Kier alpha value is -1.55. The summed E-state index contributed by atoms with van der Waals surface area (Å²) in [6.45, 7) is 5.00. The molecule has 0 saturated carbocycles. The lowest BCUT2D eigenvalue weighted by molar-refractivity contribution is -0.119. The van der Waals surface area contributed by atoms with E-state index in [0.29, 0.717) is 11.8 Å². The molecule has 124 valence electrons. The van der Waals surface area contributed by atoms with Crippen molar-refractivity contribution < 1.29 is 9.53 Å². The van der Waals surface area contributed by atoms with E-state index in [1.807, 2.05) is 4.90 Å². The molecule has 4 nitrogen and oxygen atoms in total. The molecule has 0 N–H and O–H groups in total. The maximum Gasteiger partial charge on any atom is 0.226 e. The summed E-state index contributed by atoms with van der Waals surface area (Å²) in [5, 5.41) is 0. The van der Waals surface area contributed by atoms with Gasteiger partial charge in [-0.1, -0.05) is 0 Å². The second-order valence-electron chi connectivity index (χ2n) is 7.31. The van der Waals surface area contributed by atoms with Gasteiger partial charge in [0.05, 0.1) is 6.61 Å². The molecule has 1 amide bonds. The van der Waals surface area contributed by atoms with Crippen LogP contribution in [0.1, 0.15) is 38.5 Å². The third-order valence-electron chi connectivity index (χ3n) is 5.86. The van der Waals surface area contributed by atoms with Crippen molar-refractivity contribution in [3.8, 4) is 0 Å². The normalized spacial score (nSPS) is 24.4. The van der Waals surface area contributed by atoms with E-state index in [4.69, 9.17) is 4.74 Å². The highest BCUT2D eigenvalue weighted by atomic mass is 16.5. The van der Waals surface area contributed by atoms with Crippen LogP contribution in [-0.4, -0.2) is 38.8 Å². The van der Waals surface area contributed by atoms with Gasteiger partial charge in [0.15, 0.2) is 0 Å². The molecule has 3 aliphatic heterocycles. The van der Waals surface area contributed by atoms with Gasteiger partial charge in [-0.25, -0.2) is 0 Å². The first-order chi connectivity index (χ1) is 11.3. The molecule has 1 aromatic carbocycles. The molecule has 0 unspecified atom stereocenters. The lowest BCUT2D eigenvalue weighted by Gasteiger charge is -2.39. The van der Waals surface area contributed by atoms with Crippen molar-refractivity contribution in [1.82, 2.24) is 0 Å². The quantitative estimate of drug-likeness (QED) is 0.840. The van der Waals surface area contributed by atoms with E-state index in [1.165, 1.54) is 24.9 Å². The number of carbonyl (C=O) groups excluding carboxylic acids is 1. The fourth-order valence-electron chi connectivity index (χ4n) is 4.21. The number of piperidine rings is 2. The zero-order valence-electron chi connectivity index (χ0n) is 13.8. The van der Waals surface area contributed by atoms with Crippen LogP contribution in [0, 0.1) is 5.41 Å². The summed E-state index contributed by atoms with van der Waals surface area (Å²) in [5.74, 6) is 0.269. The van der Waals surface area contributed by atoms with E-state index in [1.54, 1.807) is 0 Å². The number of hydrogen-bond donors (Lipinski definition) is 0. The fraction of sp³-hybridized carbons (Fsp3) is 0.632. The third kappa shape index (κ3) is 2.97. The Morgan fingerprint density at radius 3 is 2.30 bits per heavy atom. The lowest BCUT2D eigenvalue weighted by Crippen LogP contribution is -2.40. The minimum atomic E-state index is 0.269. The number of amides is 1. The van der Waals surface area contributed by atoms with Crippen LogP contribution in [0.5, 0.6) is 0 Å². The van der Waals surface area contributed by atoms with Crippen molar-refractivity contribution >= 4 is 17.3 Å². The number of benzene rings is 1. The summed E-state index contributed by atoms with van der Waals surface area (Å²) >= 11 is 0. The molecule has 23 heavy (non-hydrogen) atoms. The van der Waals surface area contributed by atoms with Crippen molar-refractivity contribution in [2.24, 2.45) is 5.41 Å². The monoisotopic (exact) mass is 314 g/mol. The van der Waals surface area contributed by atoms with Gasteiger partial charge in [0, 0.05) is 44.0 Å². The predicted molar refractivity (Wildman–Crippen MR) is 92.0 cm³/mol. The first-order valence-electron chi connectivity index (χ1n) is 8.99. The molecule has 3 fully saturated rings. The van der Waals surface area contributed by atoms with E-state index in [9.17, 15) is 4.79 Å². The van der Waals surface area contributed by atoms with Crippen molar-refractivity contribution in [2.45, 2.75) is 38.5 Å². The van der Waals surface area contributed by atoms with Gasteiger partial charge in [-0.05, 0) is 61.8 Å². The van der Waals surface area contributed by atoms with Crippen LogP contribution in [0.2, 0.25) is 0 Å². The number of carbonyl (C=O) groups is 1. The Morgan fingerprint density at radius 2 is 1.65 bits per heavy atom. The number of ether oxygens (including phenoxy) is 1. The number of nitrogens with zero attached hydrogens (tertiary/aromatic N) is 2. The number of hydrogen-bond acceptors (Lipinski definition) is 3. The van der Waals surface area contributed by atoms with Crippen LogP contribution in [0.4, 0.5) is 11.4 Å². The van der Waals surface area contributed by atoms with Gasteiger partial charge in [0.2, 0.25) is 5.91 Å². The fourth-order valence-corrected chi connectivity index (χ4v) is 4.21. The molecule has 4 heteroatoms. The molecule has 0 radical (unpaired) electrons. The van der Waals surface area contributed by atoms with E-state index >= 15 is 0 Å². The highest BCUT2D eigenvalue weighted by Crippen LogP contribution is 2.40. The summed E-state index contributed by atoms with van der Waals surface area (Å²) in [6, 6.07) is 8.59. The highest BCUT2D eigenvalue weighted by molar-refractivity contribution is 5.94. The van der Waals surface area contributed by atoms with Crippen LogP contribution in [0.15, 0.2) is 24.3 Å². The molecule has 0 atom stereocenters. The predicted octanol–water partition coefficient (Wildman–Crippen LogP) is 3.21. The molecular formula is C19H26N2O2. The maximum absolute atomic E-state index is 12.0. The van der Waals surface area contributed by atoms with Crippen LogP contribution >= 0.6 is 0 Å². The van der Waals surface area contributed by atoms with Crippen LogP contribution in [0.25, 0.3) is 0 Å². The standard InChI is InChI=1S/C19H26N2O2/c22-18-3-1-2-11-21(18)17-6-4-16(5-7-17)20-12-8-19(9-13-20)10-14-23-15-19/h4-7H,1-3,8-15H2. The van der Waals surface area contributed by atoms with Crippen LogP contribution < -0.4 is 9.80 Å². The first-order valence-corrected chi connectivity index (χ1v) is 8.99. The minimum Gasteiger partial charge on any atom is -0.381 e. The highest BCUT2D eigenvalue weighted by Gasteiger charge is 2.38. The Labute approximate surface area is 138 Å². The van der Waals surface area contributed by atoms with Gasteiger partial charge in [-0.3, -0.25) is 4.79 Å². The molecule has 3 aliphatic rings. The first kappa shape index (κ1) is 15.0. The molecule has 4 rings (SSSR count). The average Bonchev–Trinajstić information content (AvgIpc) is 3.04. The Balaban J connectivity index is 1.41. The van der Waals surface area contributed by atoms with Crippen molar-refractivity contribution in [3.05, 3.63) is 24.3 Å². The number of anilines is 2. The van der Waals surface area contributed by atoms with Gasteiger partial charge in [-0.15, -0.1) is 0 Å². The van der Waals surface area contributed by atoms with Gasteiger partial charge >= 0.3 is 0 Å².